The minimum Gasteiger partial charge on any atom is -0.411 e. The first kappa shape index (κ1) is 14.0. The van der Waals surface area contributed by atoms with Crippen molar-refractivity contribution in [3.05, 3.63) is 35.9 Å². The third-order valence-corrected chi connectivity index (χ3v) is 2.83. The third-order valence-electron chi connectivity index (χ3n) is 2.83. The quantitative estimate of drug-likeness (QED) is 0.503. The van der Waals surface area contributed by atoms with Crippen molar-refractivity contribution in [2.24, 2.45) is 5.16 Å². The summed E-state index contributed by atoms with van der Waals surface area (Å²) >= 11 is 0. The zero-order chi connectivity index (χ0) is 13.7. The zero-order valence-corrected chi connectivity index (χ0v) is 11.2. The van der Waals surface area contributed by atoms with Crippen LogP contribution in [0.4, 0.5) is 0 Å². The Morgan fingerprint density at radius 2 is 2.05 bits per heavy atom. The first-order chi connectivity index (χ1) is 9.11. The molecule has 104 valence electrons. The molecule has 19 heavy (non-hydrogen) atoms. The number of nitrogens with zero attached hydrogens (tertiary/aromatic N) is 1. The van der Waals surface area contributed by atoms with E-state index in [-0.39, 0.29) is 6.10 Å². The van der Waals surface area contributed by atoms with Gasteiger partial charge in [-0.2, -0.15) is 0 Å². The first-order valence-corrected chi connectivity index (χ1v) is 6.25. The minimum absolute atomic E-state index is 0.269. The standard InChI is InChI=1S/C14H19NO4/c1-14(2)18-12(8-15-16)13(19-14)10-17-9-11-6-4-3-5-7-11/h3-8,12-13,16H,9-10H2,1-2H3/b15-8+/t12-,13-/m0/s1. The lowest BCUT2D eigenvalue weighted by atomic mass is 10.2. The number of benzene rings is 1. The van der Waals surface area contributed by atoms with Gasteiger partial charge in [-0.1, -0.05) is 35.5 Å². The minimum atomic E-state index is -0.688. The second-order valence-corrected chi connectivity index (χ2v) is 4.90. The van der Waals surface area contributed by atoms with Crippen molar-refractivity contribution < 1.29 is 19.4 Å². The average molecular weight is 265 g/mol. The molecule has 1 aromatic carbocycles. The van der Waals surface area contributed by atoms with Gasteiger partial charge in [0.15, 0.2) is 5.79 Å². The molecule has 0 aromatic heterocycles. The number of rotatable bonds is 5. The summed E-state index contributed by atoms with van der Waals surface area (Å²) in [7, 11) is 0. The van der Waals surface area contributed by atoms with Crippen molar-refractivity contribution >= 4 is 6.21 Å². The SMILES string of the molecule is CC1(C)O[C@@H](/C=N/O)[C@H](COCc2ccccc2)O1. The van der Waals surface area contributed by atoms with E-state index in [0.717, 1.165) is 5.56 Å². The van der Waals surface area contributed by atoms with Crippen LogP contribution in [-0.2, 0) is 20.8 Å². The molecule has 0 aliphatic carbocycles. The van der Waals surface area contributed by atoms with E-state index in [0.29, 0.717) is 13.2 Å². The molecule has 1 aromatic rings. The molecule has 1 N–H and O–H groups in total. The second kappa shape index (κ2) is 6.14. The number of hydrogen-bond acceptors (Lipinski definition) is 5. The van der Waals surface area contributed by atoms with Crippen molar-refractivity contribution in [3.63, 3.8) is 0 Å². The predicted octanol–water partition coefficient (Wildman–Crippen LogP) is 2.18. The molecule has 1 aliphatic heterocycles. The molecule has 0 bridgehead atoms. The molecule has 0 spiro atoms. The predicted molar refractivity (Wildman–Crippen MR) is 70.2 cm³/mol. The summed E-state index contributed by atoms with van der Waals surface area (Å²) in [6.07, 6.45) is 0.663. The Bertz CT molecular complexity index is 419. The maximum Gasteiger partial charge on any atom is 0.164 e. The van der Waals surface area contributed by atoms with Crippen LogP contribution in [0.1, 0.15) is 19.4 Å². The largest absolute Gasteiger partial charge is 0.411 e. The number of oxime groups is 1. The molecule has 5 heteroatoms. The van der Waals surface area contributed by atoms with Crippen LogP contribution in [-0.4, -0.2) is 36.0 Å². The molecule has 0 unspecified atom stereocenters. The monoisotopic (exact) mass is 265 g/mol. The molecular formula is C14H19NO4. The van der Waals surface area contributed by atoms with E-state index in [1.807, 2.05) is 44.2 Å². The lowest BCUT2D eigenvalue weighted by molar-refractivity contribution is -0.147. The van der Waals surface area contributed by atoms with Crippen molar-refractivity contribution in [1.29, 1.82) is 0 Å². The van der Waals surface area contributed by atoms with Gasteiger partial charge in [-0.15, -0.1) is 0 Å². The summed E-state index contributed by atoms with van der Waals surface area (Å²) in [5.41, 5.74) is 1.10. The van der Waals surface area contributed by atoms with Crippen molar-refractivity contribution in [2.45, 2.75) is 38.4 Å². The summed E-state index contributed by atoms with van der Waals surface area (Å²) in [5, 5.41) is 11.6. The van der Waals surface area contributed by atoms with Crippen LogP contribution in [0.15, 0.2) is 35.5 Å². The summed E-state index contributed by atoms with van der Waals surface area (Å²) in [5.74, 6) is -0.688. The number of ether oxygens (including phenoxy) is 3. The molecule has 0 saturated carbocycles. The van der Waals surface area contributed by atoms with Crippen LogP contribution in [0.3, 0.4) is 0 Å². The molecule has 0 radical (unpaired) electrons. The molecule has 1 aliphatic rings. The smallest absolute Gasteiger partial charge is 0.164 e. The molecule has 0 amide bonds. The second-order valence-electron chi connectivity index (χ2n) is 4.90. The van der Waals surface area contributed by atoms with Crippen LogP contribution in [0, 0.1) is 0 Å². The van der Waals surface area contributed by atoms with Crippen LogP contribution in [0.25, 0.3) is 0 Å². The van der Waals surface area contributed by atoms with Gasteiger partial charge in [0.1, 0.15) is 12.2 Å². The fourth-order valence-corrected chi connectivity index (χ4v) is 2.05. The lowest BCUT2D eigenvalue weighted by Gasteiger charge is -2.16. The molecular weight excluding hydrogens is 246 g/mol. The van der Waals surface area contributed by atoms with Gasteiger partial charge < -0.3 is 19.4 Å². The van der Waals surface area contributed by atoms with E-state index >= 15 is 0 Å². The Balaban J connectivity index is 1.84. The van der Waals surface area contributed by atoms with Gasteiger partial charge >= 0.3 is 0 Å². The first-order valence-electron chi connectivity index (χ1n) is 6.25. The summed E-state index contributed by atoms with van der Waals surface area (Å²) in [6.45, 7) is 4.55. The molecule has 1 saturated heterocycles. The normalized spacial score (nSPS) is 26.0. The zero-order valence-electron chi connectivity index (χ0n) is 11.2. The average Bonchev–Trinajstić information content (AvgIpc) is 2.66. The van der Waals surface area contributed by atoms with E-state index in [4.69, 9.17) is 19.4 Å². The van der Waals surface area contributed by atoms with Gasteiger partial charge in [0, 0.05) is 0 Å². The van der Waals surface area contributed by atoms with Gasteiger partial charge in [-0.3, -0.25) is 0 Å². The Morgan fingerprint density at radius 3 is 2.74 bits per heavy atom. The Morgan fingerprint density at radius 1 is 1.32 bits per heavy atom. The number of hydrogen-bond donors (Lipinski definition) is 1. The maximum absolute atomic E-state index is 8.61. The van der Waals surface area contributed by atoms with E-state index in [9.17, 15) is 0 Å². The van der Waals surface area contributed by atoms with Gasteiger partial charge in [0.25, 0.3) is 0 Å². The Labute approximate surface area is 112 Å². The third kappa shape index (κ3) is 4.02. The van der Waals surface area contributed by atoms with Crippen LogP contribution < -0.4 is 0 Å². The highest BCUT2D eigenvalue weighted by Gasteiger charge is 2.40. The molecule has 2 rings (SSSR count). The van der Waals surface area contributed by atoms with Crippen LogP contribution in [0.2, 0.25) is 0 Å². The van der Waals surface area contributed by atoms with Gasteiger partial charge in [0.2, 0.25) is 0 Å². The highest BCUT2D eigenvalue weighted by Crippen LogP contribution is 2.27. The highest BCUT2D eigenvalue weighted by atomic mass is 16.8. The van der Waals surface area contributed by atoms with E-state index in [1.165, 1.54) is 6.21 Å². The Kier molecular flexibility index (Phi) is 4.52. The van der Waals surface area contributed by atoms with Gasteiger partial charge in [-0.05, 0) is 19.4 Å². The van der Waals surface area contributed by atoms with Crippen molar-refractivity contribution in [3.8, 4) is 0 Å². The lowest BCUT2D eigenvalue weighted by Crippen LogP contribution is -2.28. The van der Waals surface area contributed by atoms with E-state index in [1.54, 1.807) is 0 Å². The molecule has 5 nitrogen and oxygen atoms in total. The highest BCUT2D eigenvalue weighted by molar-refractivity contribution is 5.63. The van der Waals surface area contributed by atoms with Crippen LogP contribution in [0.5, 0.6) is 0 Å². The fourth-order valence-electron chi connectivity index (χ4n) is 2.05. The van der Waals surface area contributed by atoms with Crippen LogP contribution >= 0.6 is 0 Å². The van der Waals surface area contributed by atoms with Gasteiger partial charge in [-0.25, -0.2) is 0 Å². The summed E-state index contributed by atoms with van der Waals surface area (Å²) < 4.78 is 16.9. The molecule has 2 atom stereocenters. The Hall–Kier alpha value is -1.43. The summed E-state index contributed by atoms with van der Waals surface area (Å²) in [6, 6.07) is 9.91. The van der Waals surface area contributed by atoms with Crippen molar-refractivity contribution in [1.82, 2.24) is 0 Å². The maximum atomic E-state index is 8.61. The van der Waals surface area contributed by atoms with E-state index < -0.39 is 11.9 Å². The summed E-state index contributed by atoms with van der Waals surface area (Å²) in [4.78, 5) is 0. The fraction of sp³-hybridized carbons (Fsp3) is 0.500. The molecule has 1 heterocycles. The van der Waals surface area contributed by atoms with Gasteiger partial charge in [0.05, 0.1) is 19.4 Å². The topological polar surface area (TPSA) is 60.3 Å². The molecule has 1 fully saturated rings. The van der Waals surface area contributed by atoms with Crippen molar-refractivity contribution in [2.75, 3.05) is 6.61 Å². The van der Waals surface area contributed by atoms with E-state index in [2.05, 4.69) is 5.16 Å².